The molecule has 3 rings (SSSR count). The van der Waals surface area contributed by atoms with Crippen molar-refractivity contribution in [1.82, 2.24) is 9.97 Å². The second-order valence-electron chi connectivity index (χ2n) is 4.36. The molecule has 0 aliphatic heterocycles. The first-order valence-corrected chi connectivity index (χ1v) is 5.81. The van der Waals surface area contributed by atoms with Crippen LogP contribution < -0.4 is 5.73 Å². The summed E-state index contributed by atoms with van der Waals surface area (Å²) < 4.78 is 0. The van der Waals surface area contributed by atoms with Crippen molar-refractivity contribution in [2.75, 3.05) is 5.73 Å². The van der Waals surface area contributed by atoms with Crippen LogP contribution in [0.3, 0.4) is 0 Å². The van der Waals surface area contributed by atoms with E-state index in [2.05, 4.69) is 16.0 Å². The summed E-state index contributed by atoms with van der Waals surface area (Å²) in [6.07, 6.45) is 3.62. The Morgan fingerprint density at radius 3 is 2.78 bits per heavy atom. The zero-order valence-corrected chi connectivity index (χ0v) is 10.1. The highest BCUT2D eigenvalue weighted by molar-refractivity contribution is 5.85. The lowest BCUT2D eigenvalue weighted by Crippen LogP contribution is -1.94. The number of aryl methyl sites for hydroxylation is 1. The Morgan fingerprint density at radius 1 is 1.06 bits per heavy atom. The molecule has 0 radical (unpaired) electrons. The molecule has 0 saturated heterocycles. The number of fused-ring (bicyclic) bond motifs is 1. The Bertz CT molecular complexity index is 720. The van der Waals surface area contributed by atoms with E-state index in [1.54, 1.807) is 6.20 Å². The molecule has 2 heterocycles. The van der Waals surface area contributed by atoms with Gasteiger partial charge in [0.25, 0.3) is 0 Å². The molecule has 1 aromatic carbocycles. The van der Waals surface area contributed by atoms with E-state index in [1.165, 1.54) is 0 Å². The third-order valence-electron chi connectivity index (χ3n) is 2.93. The van der Waals surface area contributed by atoms with Gasteiger partial charge < -0.3 is 5.73 Å². The number of nitrogen functional groups attached to an aromatic ring is 1. The predicted octanol–water partition coefficient (Wildman–Crippen LogP) is 3.19. The molecule has 0 aliphatic carbocycles. The first kappa shape index (κ1) is 10.7. The number of rotatable bonds is 1. The maximum Gasteiger partial charge on any atom is 0.0931 e. The van der Waals surface area contributed by atoms with E-state index in [4.69, 9.17) is 5.73 Å². The quantitative estimate of drug-likeness (QED) is 0.704. The normalized spacial score (nSPS) is 10.7. The van der Waals surface area contributed by atoms with Gasteiger partial charge in [0.1, 0.15) is 0 Å². The fourth-order valence-electron chi connectivity index (χ4n) is 2.06. The van der Waals surface area contributed by atoms with Gasteiger partial charge in [-0.1, -0.05) is 12.1 Å². The van der Waals surface area contributed by atoms with Crippen LogP contribution in [0.25, 0.3) is 22.2 Å². The molecule has 3 nitrogen and oxygen atoms in total. The molecule has 0 aliphatic rings. The molecule has 0 saturated carbocycles. The van der Waals surface area contributed by atoms with E-state index >= 15 is 0 Å². The van der Waals surface area contributed by atoms with Crippen LogP contribution in [0.1, 0.15) is 5.56 Å². The first-order chi connectivity index (χ1) is 8.74. The van der Waals surface area contributed by atoms with Crippen molar-refractivity contribution in [2.45, 2.75) is 6.92 Å². The average molecular weight is 235 g/mol. The minimum Gasteiger partial charge on any atom is -0.397 e. The van der Waals surface area contributed by atoms with Gasteiger partial charge in [-0.3, -0.25) is 9.97 Å². The van der Waals surface area contributed by atoms with Crippen molar-refractivity contribution in [3.63, 3.8) is 0 Å². The molecule has 3 aromatic rings. The average Bonchev–Trinajstić information content (AvgIpc) is 2.38. The number of hydrogen-bond donors (Lipinski definition) is 1. The van der Waals surface area contributed by atoms with Gasteiger partial charge in [-0.05, 0) is 36.8 Å². The summed E-state index contributed by atoms with van der Waals surface area (Å²) in [6.45, 7) is 1.98. The van der Waals surface area contributed by atoms with E-state index in [9.17, 15) is 0 Å². The van der Waals surface area contributed by atoms with E-state index in [0.29, 0.717) is 5.69 Å². The number of nitrogens with two attached hydrogens (primary N) is 1. The maximum absolute atomic E-state index is 6.02. The summed E-state index contributed by atoms with van der Waals surface area (Å²) in [4.78, 5) is 8.71. The predicted molar refractivity (Wildman–Crippen MR) is 74.1 cm³/mol. The minimum atomic E-state index is 0.707. The van der Waals surface area contributed by atoms with Crippen molar-refractivity contribution < 1.29 is 0 Å². The Kier molecular flexibility index (Phi) is 2.45. The van der Waals surface area contributed by atoms with Crippen LogP contribution >= 0.6 is 0 Å². The summed E-state index contributed by atoms with van der Waals surface area (Å²) in [5.41, 5.74) is 10.6. The second kappa shape index (κ2) is 4.11. The summed E-state index contributed by atoms with van der Waals surface area (Å²) in [5, 5.41) is 1.09. The van der Waals surface area contributed by atoms with Crippen molar-refractivity contribution in [1.29, 1.82) is 0 Å². The molecule has 0 unspecified atom stereocenters. The SMILES string of the molecule is Cc1cnc(-c2ccc3ncccc3c2)c(N)c1. The fraction of sp³-hybridized carbons (Fsp3) is 0.0667. The molecule has 2 N–H and O–H groups in total. The highest BCUT2D eigenvalue weighted by Crippen LogP contribution is 2.26. The summed E-state index contributed by atoms with van der Waals surface area (Å²) in [5.74, 6) is 0. The minimum absolute atomic E-state index is 0.707. The van der Waals surface area contributed by atoms with Crippen molar-refractivity contribution in [3.05, 3.63) is 54.4 Å². The van der Waals surface area contributed by atoms with Crippen LogP contribution in [0.15, 0.2) is 48.8 Å². The first-order valence-electron chi connectivity index (χ1n) is 5.81. The topological polar surface area (TPSA) is 51.8 Å². The molecular weight excluding hydrogens is 222 g/mol. The number of anilines is 1. The lowest BCUT2D eigenvalue weighted by Gasteiger charge is -2.06. The Hall–Kier alpha value is -2.42. The number of nitrogens with zero attached hydrogens (tertiary/aromatic N) is 2. The highest BCUT2D eigenvalue weighted by atomic mass is 14.7. The molecule has 18 heavy (non-hydrogen) atoms. The van der Waals surface area contributed by atoms with Crippen LogP contribution in [0.4, 0.5) is 5.69 Å². The highest BCUT2D eigenvalue weighted by Gasteiger charge is 2.05. The van der Waals surface area contributed by atoms with Crippen LogP contribution in [0.5, 0.6) is 0 Å². The lowest BCUT2D eigenvalue weighted by molar-refractivity contribution is 1.27. The molecule has 3 heteroatoms. The molecule has 0 bridgehead atoms. The van der Waals surface area contributed by atoms with Gasteiger partial charge in [-0.2, -0.15) is 0 Å². The molecule has 2 aromatic heterocycles. The van der Waals surface area contributed by atoms with Crippen molar-refractivity contribution >= 4 is 16.6 Å². The van der Waals surface area contributed by atoms with E-state index in [1.807, 2.05) is 43.5 Å². The van der Waals surface area contributed by atoms with Crippen molar-refractivity contribution in [2.24, 2.45) is 0 Å². The second-order valence-corrected chi connectivity index (χ2v) is 4.36. The van der Waals surface area contributed by atoms with Crippen molar-refractivity contribution in [3.8, 4) is 11.3 Å². The van der Waals surface area contributed by atoms with E-state index in [0.717, 1.165) is 27.7 Å². The summed E-state index contributed by atoms with van der Waals surface area (Å²) in [7, 11) is 0. The zero-order valence-electron chi connectivity index (χ0n) is 10.1. The van der Waals surface area contributed by atoms with Crippen LogP contribution in [0.2, 0.25) is 0 Å². The Labute approximate surface area is 105 Å². The third kappa shape index (κ3) is 1.80. The molecule has 0 atom stereocenters. The number of benzene rings is 1. The van der Waals surface area contributed by atoms with Gasteiger partial charge in [0, 0.05) is 23.3 Å². The molecule has 0 amide bonds. The largest absolute Gasteiger partial charge is 0.397 e. The van der Waals surface area contributed by atoms with Gasteiger partial charge in [0.05, 0.1) is 16.9 Å². The monoisotopic (exact) mass is 235 g/mol. The molecule has 0 fully saturated rings. The standard InChI is InChI=1S/C15H13N3/c1-10-7-13(16)15(18-9-10)12-4-5-14-11(8-12)3-2-6-17-14/h2-9H,16H2,1H3. The summed E-state index contributed by atoms with van der Waals surface area (Å²) >= 11 is 0. The zero-order chi connectivity index (χ0) is 12.5. The van der Waals surface area contributed by atoms with Gasteiger partial charge >= 0.3 is 0 Å². The van der Waals surface area contributed by atoms with E-state index < -0.39 is 0 Å². The number of pyridine rings is 2. The molecular formula is C15H13N3. The fourth-order valence-corrected chi connectivity index (χ4v) is 2.06. The number of hydrogen-bond acceptors (Lipinski definition) is 3. The van der Waals surface area contributed by atoms with Crippen LogP contribution in [-0.2, 0) is 0 Å². The molecule has 88 valence electrons. The van der Waals surface area contributed by atoms with Gasteiger partial charge in [0.15, 0.2) is 0 Å². The van der Waals surface area contributed by atoms with Gasteiger partial charge in [-0.15, -0.1) is 0 Å². The summed E-state index contributed by atoms with van der Waals surface area (Å²) in [6, 6.07) is 12.0. The Balaban J connectivity index is 2.19. The van der Waals surface area contributed by atoms with Gasteiger partial charge in [0.2, 0.25) is 0 Å². The Morgan fingerprint density at radius 2 is 1.94 bits per heavy atom. The van der Waals surface area contributed by atoms with Crippen LogP contribution in [-0.4, -0.2) is 9.97 Å². The van der Waals surface area contributed by atoms with Gasteiger partial charge in [-0.25, -0.2) is 0 Å². The maximum atomic E-state index is 6.02. The van der Waals surface area contributed by atoms with Crippen LogP contribution in [0, 0.1) is 6.92 Å². The third-order valence-corrected chi connectivity index (χ3v) is 2.93. The number of aromatic nitrogens is 2. The van der Waals surface area contributed by atoms with E-state index in [-0.39, 0.29) is 0 Å². The smallest absolute Gasteiger partial charge is 0.0931 e. The molecule has 0 spiro atoms. The lowest BCUT2D eigenvalue weighted by atomic mass is 10.1.